The average Bonchev–Trinajstić information content (AvgIpc) is 3.22. The van der Waals surface area contributed by atoms with Crippen molar-refractivity contribution in [3.05, 3.63) is 18.0 Å². The van der Waals surface area contributed by atoms with Crippen LogP contribution in [0.4, 0.5) is 5.95 Å². The lowest BCUT2D eigenvalue weighted by molar-refractivity contribution is 0.580. The van der Waals surface area contributed by atoms with E-state index in [1.165, 1.54) is 12.8 Å². The Morgan fingerprint density at radius 3 is 2.44 bits per heavy atom. The summed E-state index contributed by atoms with van der Waals surface area (Å²) in [5.74, 6) is 7.80. The van der Waals surface area contributed by atoms with Crippen molar-refractivity contribution in [2.75, 3.05) is 31.1 Å². The third-order valence-electron chi connectivity index (χ3n) is 3.04. The van der Waals surface area contributed by atoms with Crippen LogP contribution in [-0.2, 0) is 0 Å². The van der Waals surface area contributed by atoms with Crippen LogP contribution in [0, 0.1) is 17.8 Å². The van der Waals surface area contributed by atoms with E-state index in [0.717, 1.165) is 37.7 Å². The molecule has 4 nitrogen and oxygen atoms in total. The molecule has 2 heterocycles. The zero-order chi connectivity index (χ0) is 11.5. The first kappa shape index (κ1) is 13.1. The van der Waals surface area contributed by atoms with Crippen molar-refractivity contribution in [2.45, 2.75) is 12.8 Å². The molecule has 5 heteroatoms. The number of halogens is 1. The molecule has 0 unspecified atom stereocenters. The second kappa shape index (κ2) is 6.03. The van der Waals surface area contributed by atoms with E-state index in [9.17, 15) is 0 Å². The second-order valence-electron chi connectivity index (χ2n) is 4.55. The van der Waals surface area contributed by atoms with E-state index >= 15 is 0 Å². The number of nitrogens with zero attached hydrogens (tertiary/aromatic N) is 3. The minimum Gasteiger partial charge on any atom is -0.338 e. The predicted octanol–water partition coefficient (Wildman–Crippen LogP) is 1.07. The maximum Gasteiger partial charge on any atom is 0.225 e. The van der Waals surface area contributed by atoms with Gasteiger partial charge in [0.1, 0.15) is 0 Å². The maximum atomic E-state index is 4.39. The molecule has 1 aromatic heterocycles. The summed E-state index contributed by atoms with van der Waals surface area (Å²) in [7, 11) is 0. The molecule has 1 saturated heterocycles. The van der Waals surface area contributed by atoms with Gasteiger partial charge in [-0.3, -0.25) is 0 Å². The van der Waals surface area contributed by atoms with E-state index in [-0.39, 0.29) is 12.4 Å². The van der Waals surface area contributed by atoms with Gasteiger partial charge in [-0.05, 0) is 12.8 Å². The molecule has 0 aromatic carbocycles. The first-order chi connectivity index (χ1) is 8.42. The number of hydrogen-bond acceptors (Lipinski definition) is 4. The van der Waals surface area contributed by atoms with Crippen LogP contribution in [0.2, 0.25) is 0 Å². The van der Waals surface area contributed by atoms with Gasteiger partial charge in [0, 0.05) is 44.5 Å². The highest BCUT2D eigenvalue weighted by Crippen LogP contribution is 2.27. The highest BCUT2D eigenvalue weighted by molar-refractivity contribution is 5.85. The third-order valence-corrected chi connectivity index (χ3v) is 3.04. The highest BCUT2D eigenvalue weighted by Gasteiger charge is 2.17. The molecule has 1 N–H and O–H groups in total. The quantitative estimate of drug-likeness (QED) is 0.771. The summed E-state index contributed by atoms with van der Waals surface area (Å²) in [6.45, 7) is 3.97. The Morgan fingerprint density at radius 2 is 1.83 bits per heavy atom. The summed E-state index contributed by atoms with van der Waals surface area (Å²) in [5.41, 5.74) is 0.927. The van der Waals surface area contributed by atoms with Crippen LogP contribution in [0.25, 0.3) is 0 Å². The summed E-state index contributed by atoms with van der Waals surface area (Å²) in [5, 5.41) is 3.32. The van der Waals surface area contributed by atoms with Crippen LogP contribution in [0.3, 0.4) is 0 Å². The molecule has 96 valence electrons. The largest absolute Gasteiger partial charge is 0.338 e. The minimum atomic E-state index is 0. The molecule has 1 aliphatic heterocycles. The Morgan fingerprint density at radius 1 is 1.17 bits per heavy atom. The van der Waals surface area contributed by atoms with E-state index in [1.807, 2.05) is 12.4 Å². The predicted molar refractivity (Wildman–Crippen MR) is 74.0 cm³/mol. The van der Waals surface area contributed by atoms with Crippen LogP contribution in [-0.4, -0.2) is 36.1 Å². The molecule has 0 amide bonds. The number of aromatic nitrogens is 2. The Bertz CT molecular complexity index is 438. The standard InChI is InChI=1S/C13H16N4.ClH/c1-2-11(1)3-4-12-9-15-13(16-10-12)17-7-5-14-6-8-17;/h9-11,14H,1-2,5-8H2;1H. The molecule has 2 fully saturated rings. The van der Waals surface area contributed by atoms with Gasteiger partial charge in [-0.1, -0.05) is 11.8 Å². The van der Waals surface area contributed by atoms with Gasteiger partial charge >= 0.3 is 0 Å². The van der Waals surface area contributed by atoms with Crippen LogP contribution in [0.1, 0.15) is 18.4 Å². The van der Waals surface area contributed by atoms with Crippen LogP contribution in [0.5, 0.6) is 0 Å². The fraction of sp³-hybridized carbons (Fsp3) is 0.538. The Hall–Kier alpha value is -1.31. The summed E-state index contributed by atoms with van der Waals surface area (Å²) < 4.78 is 0. The molecule has 0 spiro atoms. The van der Waals surface area contributed by atoms with Gasteiger partial charge in [0.25, 0.3) is 0 Å². The SMILES string of the molecule is C(#CC1CC1)c1cnc(N2CCNCC2)nc1.Cl. The van der Waals surface area contributed by atoms with Gasteiger partial charge in [-0.15, -0.1) is 12.4 Å². The molecule has 3 rings (SSSR count). The monoisotopic (exact) mass is 264 g/mol. The first-order valence-electron chi connectivity index (χ1n) is 6.21. The lowest BCUT2D eigenvalue weighted by atomic mass is 10.3. The van der Waals surface area contributed by atoms with Gasteiger partial charge in [0.05, 0.1) is 5.56 Å². The smallest absolute Gasteiger partial charge is 0.225 e. The molecule has 1 saturated carbocycles. The van der Waals surface area contributed by atoms with Gasteiger partial charge in [-0.25, -0.2) is 9.97 Å². The van der Waals surface area contributed by atoms with Crippen molar-refractivity contribution in [1.82, 2.24) is 15.3 Å². The van der Waals surface area contributed by atoms with Gasteiger partial charge in [0.2, 0.25) is 5.95 Å². The van der Waals surface area contributed by atoms with Crippen LogP contribution < -0.4 is 10.2 Å². The molecule has 1 aliphatic carbocycles. The molecular formula is C13H17ClN4. The van der Waals surface area contributed by atoms with Gasteiger partial charge in [-0.2, -0.15) is 0 Å². The van der Waals surface area contributed by atoms with Crippen molar-refractivity contribution in [1.29, 1.82) is 0 Å². The Labute approximate surface area is 114 Å². The zero-order valence-electron chi connectivity index (χ0n) is 10.2. The molecule has 0 atom stereocenters. The Balaban J connectivity index is 0.00000120. The topological polar surface area (TPSA) is 41.1 Å². The number of rotatable bonds is 1. The average molecular weight is 265 g/mol. The fourth-order valence-corrected chi connectivity index (χ4v) is 1.83. The van der Waals surface area contributed by atoms with Crippen molar-refractivity contribution < 1.29 is 0 Å². The van der Waals surface area contributed by atoms with Crippen molar-refractivity contribution in [2.24, 2.45) is 5.92 Å². The van der Waals surface area contributed by atoms with Crippen molar-refractivity contribution >= 4 is 18.4 Å². The van der Waals surface area contributed by atoms with E-state index in [2.05, 4.69) is 32.0 Å². The fourth-order valence-electron chi connectivity index (χ4n) is 1.83. The highest BCUT2D eigenvalue weighted by atomic mass is 35.5. The summed E-state index contributed by atoms with van der Waals surface area (Å²) in [6.07, 6.45) is 6.18. The molecule has 2 aliphatic rings. The Kier molecular flexibility index (Phi) is 4.40. The summed E-state index contributed by atoms with van der Waals surface area (Å²) in [4.78, 5) is 11.0. The molecule has 1 aromatic rings. The minimum absolute atomic E-state index is 0. The van der Waals surface area contributed by atoms with Gasteiger partial charge in [0.15, 0.2) is 0 Å². The van der Waals surface area contributed by atoms with Crippen LogP contribution >= 0.6 is 12.4 Å². The normalized spacial score (nSPS) is 18.6. The lowest BCUT2D eigenvalue weighted by Gasteiger charge is -2.27. The number of piperazine rings is 1. The lowest BCUT2D eigenvalue weighted by Crippen LogP contribution is -2.44. The number of anilines is 1. The molecule has 0 radical (unpaired) electrons. The van der Waals surface area contributed by atoms with Crippen molar-refractivity contribution in [3.63, 3.8) is 0 Å². The second-order valence-corrected chi connectivity index (χ2v) is 4.55. The first-order valence-corrected chi connectivity index (χ1v) is 6.21. The van der Waals surface area contributed by atoms with E-state index in [4.69, 9.17) is 0 Å². The van der Waals surface area contributed by atoms with Crippen molar-refractivity contribution in [3.8, 4) is 11.8 Å². The van der Waals surface area contributed by atoms with E-state index < -0.39 is 0 Å². The van der Waals surface area contributed by atoms with Gasteiger partial charge < -0.3 is 10.2 Å². The molecular weight excluding hydrogens is 248 g/mol. The summed E-state index contributed by atoms with van der Waals surface area (Å²) in [6, 6.07) is 0. The third kappa shape index (κ3) is 3.34. The zero-order valence-corrected chi connectivity index (χ0v) is 11.0. The maximum absolute atomic E-state index is 4.39. The van der Waals surface area contributed by atoms with E-state index in [0.29, 0.717) is 5.92 Å². The number of hydrogen-bond donors (Lipinski definition) is 1. The molecule has 18 heavy (non-hydrogen) atoms. The number of nitrogens with one attached hydrogen (secondary N) is 1. The van der Waals surface area contributed by atoms with Crippen LogP contribution in [0.15, 0.2) is 12.4 Å². The van der Waals surface area contributed by atoms with E-state index in [1.54, 1.807) is 0 Å². The summed E-state index contributed by atoms with van der Waals surface area (Å²) >= 11 is 0. The molecule has 0 bridgehead atoms.